The van der Waals surface area contributed by atoms with Gasteiger partial charge in [0.25, 0.3) is 0 Å². The van der Waals surface area contributed by atoms with Crippen molar-refractivity contribution in [2.75, 3.05) is 46.4 Å². The van der Waals surface area contributed by atoms with E-state index in [0.717, 1.165) is 6.42 Å². The van der Waals surface area contributed by atoms with E-state index in [0.29, 0.717) is 96.9 Å². The first kappa shape index (κ1) is 64.6. The van der Waals surface area contributed by atoms with E-state index >= 15 is 0 Å². The van der Waals surface area contributed by atoms with Gasteiger partial charge >= 0.3 is 5.97 Å². The highest BCUT2D eigenvalue weighted by atomic mass is 16.5. The molecule has 0 saturated carbocycles. The largest absolute Gasteiger partial charge is 0.467 e. The number of unbranched alkanes of at least 4 members (excludes halogenated alkanes) is 4. The summed E-state index contributed by atoms with van der Waals surface area (Å²) in [5, 5.41) is 24.7. The SMILES string of the molecule is COC(=O)[C@H](C)NC(=O)[C@H](CCCCN)NC(=O)[C@H](CCCCN)NC(=O)[C@@H]1CCCN1C(=O)[C@H](CCCCN)NC(=O)[C@H](C)NC(=O)[C@@H](NC(=O)[C@H](CCCCN)NC(=O)[C@H](C)NC(=O)[C@@H]1CCCN1)C(C)C. The van der Waals surface area contributed by atoms with E-state index in [-0.39, 0.29) is 44.6 Å². The number of nitrogens with two attached hydrogens (primary N) is 4. The van der Waals surface area contributed by atoms with E-state index in [4.69, 9.17) is 27.7 Å². The van der Waals surface area contributed by atoms with Gasteiger partial charge in [0.1, 0.15) is 54.4 Å². The number of nitrogens with one attached hydrogen (secondary N) is 9. The normalized spacial score (nSPS) is 18.6. The van der Waals surface area contributed by atoms with E-state index in [9.17, 15) is 47.9 Å². The van der Waals surface area contributed by atoms with Gasteiger partial charge in [-0.25, -0.2) is 4.79 Å². The maximum absolute atomic E-state index is 14.4. The fourth-order valence-corrected chi connectivity index (χ4v) is 8.67. The molecule has 25 nitrogen and oxygen atoms in total. The number of esters is 1. The van der Waals surface area contributed by atoms with Crippen molar-refractivity contribution in [3.63, 3.8) is 0 Å². The molecule has 0 aromatic heterocycles. The van der Waals surface area contributed by atoms with Crippen LogP contribution in [-0.4, -0.2) is 171 Å². The fraction of sp³-hybridized carbons (Fsp3) is 0.796. The molecular weight excluding hydrogens is 961 g/mol. The predicted molar refractivity (Wildman–Crippen MR) is 277 cm³/mol. The van der Waals surface area contributed by atoms with Crippen molar-refractivity contribution in [1.82, 2.24) is 52.8 Å². The molecule has 0 bridgehead atoms. The van der Waals surface area contributed by atoms with Crippen molar-refractivity contribution in [3.05, 3.63) is 0 Å². The number of rotatable bonds is 35. The van der Waals surface area contributed by atoms with Crippen molar-refractivity contribution in [2.45, 2.75) is 198 Å². The average Bonchev–Trinajstić information content (AvgIpc) is 4.10. The van der Waals surface area contributed by atoms with E-state index in [1.165, 1.54) is 32.8 Å². The minimum Gasteiger partial charge on any atom is -0.467 e. The average molecular weight is 1050 g/mol. The number of carbonyl (C=O) groups is 10. The van der Waals surface area contributed by atoms with Gasteiger partial charge in [0.05, 0.1) is 13.2 Å². The van der Waals surface area contributed by atoms with E-state index < -0.39 is 120 Å². The van der Waals surface area contributed by atoms with Crippen LogP contribution in [0.2, 0.25) is 0 Å². The van der Waals surface area contributed by atoms with Crippen LogP contribution in [0.25, 0.3) is 0 Å². The molecule has 2 heterocycles. The van der Waals surface area contributed by atoms with Gasteiger partial charge in [-0.1, -0.05) is 13.8 Å². The quantitative estimate of drug-likeness (QED) is 0.0222. The van der Waals surface area contributed by atoms with E-state index in [1.54, 1.807) is 13.8 Å². The summed E-state index contributed by atoms with van der Waals surface area (Å²) in [4.78, 5) is 137. The van der Waals surface area contributed by atoms with Crippen LogP contribution in [0.1, 0.15) is 137 Å². The smallest absolute Gasteiger partial charge is 0.328 e. The third-order valence-corrected chi connectivity index (χ3v) is 13.2. The standard InChI is InChI=1S/C49H90N14O11/c1-29(2)39(62-45(69)36(19-9-13-25-52)58-40(64)30(3)55-42(66)33-21-15-27-54-33)47(71)56-31(4)41(65)61-37(20-10-14-26-53)48(72)63-28-16-22-38(63)46(70)60-35(18-8-12-24-51)44(68)59-34(17-7-11-23-50)43(67)57-32(5)49(73)74-6/h29-39,54H,7-28,50-53H2,1-6H3,(H,55,66)(H,56,71)(H,57,67)(H,58,64)(H,59,68)(H,60,70)(H,61,65)(H,62,69)/t30-,31-,32-,33-,34-,35-,36-,37-,38-,39-/m0/s1. The lowest BCUT2D eigenvalue weighted by atomic mass is 10.0. The summed E-state index contributed by atoms with van der Waals surface area (Å²) in [6.07, 6.45) is 6.95. The highest BCUT2D eigenvalue weighted by molar-refractivity contribution is 5.98. The molecule has 0 aromatic rings. The predicted octanol–water partition coefficient (Wildman–Crippen LogP) is -2.99. The molecule has 2 fully saturated rings. The molecule has 2 aliphatic rings. The highest BCUT2D eigenvalue weighted by Gasteiger charge is 2.40. The first-order valence-electron chi connectivity index (χ1n) is 26.6. The van der Waals surface area contributed by atoms with Gasteiger partial charge in [0.2, 0.25) is 53.2 Å². The molecule has 2 aliphatic heterocycles. The van der Waals surface area contributed by atoms with Crippen molar-refractivity contribution >= 4 is 59.1 Å². The maximum atomic E-state index is 14.4. The second kappa shape index (κ2) is 34.9. The van der Waals surface area contributed by atoms with Crippen molar-refractivity contribution < 1.29 is 52.7 Å². The van der Waals surface area contributed by atoms with Gasteiger partial charge in [-0.05, 0) is 162 Å². The monoisotopic (exact) mass is 1050 g/mol. The van der Waals surface area contributed by atoms with Crippen molar-refractivity contribution in [2.24, 2.45) is 28.9 Å². The summed E-state index contributed by atoms with van der Waals surface area (Å²) in [7, 11) is 1.19. The molecule has 2 rings (SSSR count). The van der Waals surface area contributed by atoms with Gasteiger partial charge in [0, 0.05) is 6.54 Å². The zero-order valence-electron chi connectivity index (χ0n) is 44.7. The Kier molecular flexibility index (Phi) is 30.5. The molecule has 17 N–H and O–H groups in total. The zero-order chi connectivity index (χ0) is 55.3. The van der Waals surface area contributed by atoms with Crippen LogP contribution in [-0.2, 0) is 52.7 Å². The van der Waals surface area contributed by atoms with Crippen LogP contribution >= 0.6 is 0 Å². The Labute approximate surface area is 436 Å². The summed E-state index contributed by atoms with van der Waals surface area (Å²) >= 11 is 0. The van der Waals surface area contributed by atoms with Crippen LogP contribution in [0.15, 0.2) is 0 Å². The summed E-state index contributed by atoms with van der Waals surface area (Å²) in [6.45, 7) is 10.0. The Hall–Kier alpha value is -5.50. The summed E-state index contributed by atoms with van der Waals surface area (Å²) in [5.41, 5.74) is 22.9. The first-order valence-corrected chi connectivity index (χ1v) is 26.6. The van der Waals surface area contributed by atoms with Crippen LogP contribution in [0.4, 0.5) is 0 Å². The Morgan fingerprint density at radius 3 is 1.43 bits per heavy atom. The van der Waals surface area contributed by atoms with E-state index in [2.05, 4.69) is 47.9 Å². The molecule has 25 heteroatoms. The molecule has 0 aliphatic carbocycles. The number of ether oxygens (including phenoxy) is 1. The lowest BCUT2D eigenvalue weighted by Crippen LogP contribution is -2.60. The molecule has 422 valence electrons. The van der Waals surface area contributed by atoms with Gasteiger partial charge in [-0.2, -0.15) is 0 Å². The molecule has 74 heavy (non-hydrogen) atoms. The van der Waals surface area contributed by atoms with Crippen molar-refractivity contribution in [3.8, 4) is 0 Å². The molecular formula is C49H90N14O11. The molecule has 10 atom stereocenters. The van der Waals surface area contributed by atoms with Gasteiger partial charge < -0.3 is 80.4 Å². The lowest BCUT2D eigenvalue weighted by Gasteiger charge is -2.31. The second-order valence-corrected chi connectivity index (χ2v) is 19.7. The van der Waals surface area contributed by atoms with Crippen LogP contribution < -0.4 is 70.8 Å². The number of hydrogen-bond donors (Lipinski definition) is 13. The molecule has 0 aromatic carbocycles. The van der Waals surface area contributed by atoms with Crippen molar-refractivity contribution in [1.29, 1.82) is 0 Å². The Morgan fingerprint density at radius 2 is 0.946 bits per heavy atom. The topological polar surface area (TPSA) is 396 Å². The lowest BCUT2D eigenvalue weighted by molar-refractivity contribution is -0.145. The summed E-state index contributed by atoms with van der Waals surface area (Å²) in [6, 6.07) is -10.1. The molecule has 0 radical (unpaired) electrons. The van der Waals surface area contributed by atoms with Gasteiger partial charge in [-0.15, -0.1) is 0 Å². The molecule has 0 spiro atoms. The number of likely N-dealkylation sites (tertiary alicyclic amines) is 1. The highest BCUT2D eigenvalue weighted by Crippen LogP contribution is 2.21. The number of methoxy groups -OCH3 is 1. The fourth-order valence-electron chi connectivity index (χ4n) is 8.67. The minimum absolute atomic E-state index is 0.154. The number of carbonyl (C=O) groups excluding carboxylic acids is 10. The van der Waals surface area contributed by atoms with Gasteiger partial charge in [0.15, 0.2) is 0 Å². The number of nitrogens with zero attached hydrogens (tertiary/aromatic N) is 1. The first-order chi connectivity index (χ1) is 35.2. The van der Waals surface area contributed by atoms with Crippen LogP contribution in [0.3, 0.4) is 0 Å². The number of hydrogen-bond acceptors (Lipinski definition) is 16. The Morgan fingerprint density at radius 1 is 0.500 bits per heavy atom. The zero-order valence-corrected chi connectivity index (χ0v) is 44.7. The molecule has 0 unspecified atom stereocenters. The summed E-state index contributed by atoms with van der Waals surface area (Å²) < 4.78 is 4.72. The number of amides is 9. The maximum Gasteiger partial charge on any atom is 0.328 e. The van der Waals surface area contributed by atoms with Crippen LogP contribution in [0.5, 0.6) is 0 Å². The molecule has 9 amide bonds. The van der Waals surface area contributed by atoms with Crippen LogP contribution in [0, 0.1) is 5.92 Å². The Balaban J connectivity index is 2.23. The Bertz CT molecular complexity index is 1840. The third-order valence-electron chi connectivity index (χ3n) is 13.2. The second-order valence-electron chi connectivity index (χ2n) is 19.7. The minimum atomic E-state index is -1.21. The molecule has 2 saturated heterocycles. The third kappa shape index (κ3) is 22.1. The summed E-state index contributed by atoms with van der Waals surface area (Å²) in [5.74, 6) is -6.54. The van der Waals surface area contributed by atoms with E-state index in [1.807, 2.05) is 0 Å². The van der Waals surface area contributed by atoms with Gasteiger partial charge in [-0.3, -0.25) is 43.2 Å².